The summed E-state index contributed by atoms with van der Waals surface area (Å²) in [6.07, 6.45) is 2.18. The molecule has 2 atom stereocenters. The minimum atomic E-state index is -0.447. The van der Waals surface area contributed by atoms with Gasteiger partial charge in [-0.05, 0) is 38.8 Å². The van der Waals surface area contributed by atoms with Crippen LogP contribution >= 0.6 is 0 Å². The van der Waals surface area contributed by atoms with E-state index >= 15 is 0 Å². The Labute approximate surface area is 167 Å². The summed E-state index contributed by atoms with van der Waals surface area (Å²) in [5.41, 5.74) is -0.447. The van der Waals surface area contributed by atoms with Crippen LogP contribution in [-0.2, 0) is 9.59 Å². The third kappa shape index (κ3) is 3.50. The van der Waals surface area contributed by atoms with Crippen LogP contribution in [0.5, 0.6) is 5.75 Å². The molecule has 28 heavy (non-hydrogen) atoms. The molecule has 6 nitrogen and oxygen atoms in total. The summed E-state index contributed by atoms with van der Waals surface area (Å²) in [6.45, 7) is 8.94. The molecular formula is C22H31N3O3. The Balaban J connectivity index is 1.46. The summed E-state index contributed by atoms with van der Waals surface area (Å²) < 4.78 is 5.66. The number of para-hydroxylation sites is 1. The lowest BCUT2D eigenvalue weighted by Gasteiger charge is -2.33. The lowest BCUT2D eigenvalue weighted by Crippen LogP contribution is -2.49. The number of amides is 2. The Kier molecular flexibility index (Phi) is 5.32. The van der Waals surface area contributed by atoms with Gasteiger partial charge < -0.3 is 14.5 Å². The van der Waals surface area contributed by atoms with Gasteiger partial charge in [-0.15, -0.1) is 0 Å². The molecule has 3 aliphatic heterocycles. The van der Waals surface area contributed by atoms with Gasteiger partial charge in [0.05, 0.1) is 5.41 Å². The number of carbonyl (C=O) groups is 2. The van der Waals surface area contributed by atoms with Crippen LogP contribution in [0.25, 0.3) is 0 Å². The maximum absolute atomic E-state index is 13.5. The molecule has 1 aromatic carbocycles. The van der Waals surface area contributed by atoms with Crippen LogP contribution in [0.3, 0.4) is 0 Å². The minimum absolute atomic E-state index is 0.0250. The van der Waals surface area contributed by atoms with Gasteiger partial charge in [-0.1, -0.05) is 18.2 Å². The van der Waals surface area contributed by atoms with Crippen molar-refractivity contribution in [2.45, 2.75) is 32.7 Å². The lowest BCUT2D eigenvalue weighted by molar-refractivity contribution is -0.142. The van der Waals surface area contributed by atoms with Crippen molar-refractivity contribution in [1.82, 2.24) is 14.7 Å². The van der Waals surface area contributed by atoms with E-state index < -0.39 is 5.41 Å². The standard InChI is InChI=1S/C22H31N3O3/c1-17(2)24-12-18-13-25(20(26)14-28-19-8-4-3-5-9-19)16-22(18,15-24)21(27)23-10-6-7-11-23/h3-5,8-9,17-18H,6-7,10-16H2,1-2H3/t18-,22-/m0/s1. The Bertz CT molecular complexity index is 717. The van der Waals surface area contributed by atoms with Crippen LogP contribution < -0.4 is 4.74 Å². The average Bonchev–Trinajstić information content (AvgIpc) is 3.40. The molecule has 1 aromatic rings. The Morgan fingerprint density at radius 1 is 1.07 bits per heavy atom. The van der Waals surface area contributed by atoms with Gasteiger partial charge in [-0.2, -0.15) is 0 Å². The number of fused-ring (bicyclic) bond motifs is 1. The van der Waals surface area contributed by atoms with Crippen LogP contribution in [0, 0.1) is 11.3 Å². The van der Waals surface area contributed by atoms with E-state index in [1.807, 2.05) is 40.1 Å². The highest BCUT2D eigenvalue weighted by molar-refractivity contribution is 5.87. The van der Waals surface area contributed by atoms with Crippen molar-refractivity contribution < 1.29 is 14.3 Å². The first kappa shape index (κ1) is 19.2. The molecule has 6 heteroatoms. The summed E-state index contributed by atoms with van der Waals surface area (Å²) >= 11 is 0. The number of carbonyl (C=O) groups excluding carboxylic acids is 2. The summed E-state index contributed by atoms with van der Waals surface area (Å²) in [4.78, 5) is 32.6. The van der Waals surface area contributed by atoms with Crippen LogP contribution in [0.1, 0.15) is 26.7 Å². The quantitative estimate of drug-likeness (QED) is 0.776. The van der Waals surface area contributed by atoms with Crippen molar-refractivity contribution in [3.8, 4) is 5.75 Å². The molecule has 3 aliphatic rings. The normalized spacial score (nSPS) is 27.5. The second kappa shape index (κ2) is 7.74. The summed E-state index contributed by atoms with van der Waals surface area (Å²) in [7, 11) is 0. The number of rotatable bonds is 5. The smallest absolute Gasteiger partial charge is 0.260 e. The van der Waals surface area contributed by atoms with Gasteiger partial charge in [0.2, 0.25) is 5.91 Å². The zero-order valence-electron chi connectivity index (χ0n) is 17.0. The molecule has 0 radical (unpaired) electrons. The molecule has 3 fully saturated rings. The number of likely N-dealkylation sites (tertiary alicyclic amines) is 3. The SMILES string of the molecule is CC(C)N1C[C@H]2CN(C(=O)COc3ccccc3)C[C@@]2(C(=O)N2CCCC2)C1. The fraction of sp³-hybridized carbons (Fsp3) is 0.636. The highest BCUT2D eigenvalue weighted by atomic mass is 16.5. The molecule has 2 amide bonds. The third-order valence-electron chi connectivity index (χ3n) is 6.64. The van der Waals surface area contributed by atoms with Gasteiger partial charge in [0.15, 0.2) is 6.61 Å². The largest absolute Gasteiger partial charge is 0.484 e. The molecular weight excluding hydrogens is 354 g/mol. The van der Waals surface area contributed by atoms with Crippen molar-refractivity contribution in [2.75, 3.05) is 45.9 Å². The number of nitrogens with zero attached hydrogens (tertiary/aromatic N) is 3. The number of hydrogen-bond donors (Lipinski definition) is 0. The Hall–Kier alpha value is -2.08. The first-order valence-electron chi connectivity index (χ1n) is 10.5. The van der Waals surface area contributed by atoms with Gasteiger partial charge >= 0.3 is 0 Å². The van der Waals surface area contributed by atoms with Crippen molar-refractivity contribution in [1.29, 1.82) is 0 Å². The van der Waals surface area contributed by atoms with Crippen LogP contribution in [-0.4, -0.2) is 78.4 Å². The highest BCUT2D eigenvalue weighted by Crippen LogP contribution is 2.45. The van der Waals surface area contributed by atoms with E-state index in [1.54, 1.807) is 0 Å². The molecule has 0 aromatic heterocycles. The van der Waals surface area contributed by atoms with E-state index in [-0.39, 0.29) is 24.3 Å². The monoisotopic (exact) mass is 385 g/mol. The number of benzene rings is 1. The third-order valence-corrected chi connectivity index (χ3v) is 6.64. The number of ether oxygens (including phenoxy) is 1. The van der Waals surface area contributed by atoms with Crippen molar-refractivity contribution in [3.05, 3.63) is 30.3 Å². The molecule has 152 valence electrons. The molecule has 0 aliphatic carbocycles. The molecule has 0 N–H and O–H groups in total. The predicted octanol–water partition coefficient (Wildman–Crippen LogP) is 1.86. The molecule has 0 spiro atoms. The predicted molar refractivity (Wildman–Crippen MR) is 107 cm³/mol. The topological polar surface area (TPSA) is 53.1 Å². The number of hydrogen-bond acceptors (Lipinski definition) is 4. The van der Waals surface area contributed by atoms with Gasteiger partial charge in [-0.3, -0.25) is 14.5 Å². The molecule has 3 saturated heterocycles. The zero-order chi connectivity index (χ0) is 19.7. The molecule has 0 saturated carbocycles. The van der Waals surface area contributed by atoms with Crippen LogP contribution in [0.2, 0.25) is 0 Å². The van der Waals surface area contributed by atoms with Crippen molar-refractivity contribution in [2.24, 2.45) is 11.3 Å². The van der Waals surface area contributed by atoms with E-state index in [4.69, 9.17) is 4.74 Å². The van der Waals surface area contributed by atoms with Gasteiger partial charge in [0.25, 0.3) is 5.91 Å². The minimum Gasteiger partial charge on any atom is -0.484 e. The fourth-order valence-electron chi connectivity index (χ4n) is 4.98. The van der Waals surface area contributed by atoms with E-state index in [2.05, 4.69) is 18.7 Å². The Morgan fingerprint density at radius 2 is 1.79 bits per heavy atom. The van der Waals surface area contributed by atoms with Crippen molar-refractivity contribution in [3.63, 3.8) is 0 Å². The lowest BCUT2D eigenvalue weighted by atomic mass is 9.79. The average molecular weight is 386 g/mol. The fourth-order valence-corrected chi connectivity index (χ4v) is 4.98. The summed E-state index contributed by atoms with van der Waals surface area (Å²) in [5, 5.41) is 0. The summed E-state index contributed by atoms with van der Waals surface area (Å²) in [5.74, 6) is 1.15. The van der Waals surface area contributed by atoms with E-state index in [0.29, 0.717) is 24.9 Å². The summed E-state index contributed by atoms with van der Waals surface area (Å²) in [6, 6.07) is 9.83. The molecule has 0 unspecified atom stereocenters. The van der Waals surface area contributed by atoms with E-state index in [0.717, 1.165) is 39.0 Å². The first-order chi connectivity index (χ1) is 13.5. The van der Waals surface area contributed by atoms with E-state index in [1.165, 1.54) is 0 Å². The maximum Gasteiger partial charge on any atom is 0.260 e. The van der Waals surface area contributed by atoms with Crippen molar-refractivity contribution >= 4 is 11.8 Å². The zero-order valence-corrected chi connectivity index (χ0v) is 17.0. The molecule has 3 heterocycles. The second-order valence-electron chi connectivity index (χ2n) is 8.75. The van der Waals surface area contributed by atoms with Gasteiger partial charge in [0, 0.05) is 51.2 Å². The van der Waals surface area contributed by atoms with Crippen LogP contribution in [0.15, 0.2) is 30.3 Å². The van der Waals surface area contributed by atoms with Gasteiger partial charge in [0.1, 0.15) is 5.75 Å². The Morgan fingerprint density at radius 3 is 2.46 bits per heavy atom. The first-order valence-corrected chi connectivity index (χ1v) is 10.5. The highest BCUT2D eigenvalue weighted by Gasteiger charge is 2.59. The molecule has 0 bridgehead atoms. The van der Waals surface area contributed by atoms with E-state index in [9.17, 15) is 9.59 Å². The second-order valence-corrected chi connectivity index (χ2v) is 8.75. The van der Waals surface area contributed by atoms with Gasteiger partial charge in [-0.25, -0.2) is 0 Å². The maximum atomic E-state index is 13.5. The van der Waals surface area contributed by atoms with Crippen LogP contribution in [0.4, 0.5) is 0 Å². The molecule has 4 rings (SSSR count).